The first-order chi connectivity index (χ1) is 13.3. The summed E-state index contributed by atoms with van der Waals surface area (Å²) in [5.74, 6) is -0.824. The minimum Gasteiger partial charge on any atom is -0.455 e. The van der Waals surface area contributed by atoms with Gasteiger partial charge in [0.25, 0.3) is 11.6 Å². The molecule has 0 saturated carbocycles. The van der Waals surface area contributed by atoms with Crippen LogP contribution in [-0.2, 0) is 14.3 Å². The maximum atomic E-state index is 12.5. The zero-order chi connectivity index (χ0) is 20.7. The fourth-order valence-electron chi connectivity index (χ4n) is 2.54. The number of carbonyl (C=O) groups is 2. The Morgan fingerprint density at radius 2 is 1.68 bits per heavy atom. The molecule has 2 rings (SSSR count). The van der Waals surface area contributed by atoms with Crippen LogP contribution in [0.15, 0.2) is 59.5 Å². The number of ether oxygens (including phenoxy) is 1. The molecule has 0 unspecified atom stereocenters. The number of nitro benzene ring substituents is 1. The number of non-ortho nitro benzene ring substituents is 1. The summed E-state index contributed by atoms with van der Waals surface area (Å²) in [7, 11) is 0. The summed E-state index contributed by atoms with van der Waals surface area (Å²) >= 11 is 1.21. The molecule has 2 aromatic rings. The second kappa shape index (κ2) is 9.89. The highest BCUT2D eigenvalue weighted by atomic mass is 32.2. The molecule has 1 amide bonds. The van der Waals surface area contributed by atoms with Crippen molar-refractivity contribution in [1.29, 1.82) is 0 Å². The molecule has 0 heterocycles. The molecule has 0 spiro atoms. The van der Waals surface area contributed by atoms with Crippen molar-refractivity contribution in [2.45, 2.75) is 37.0 Å². The molecular weight excluding hydrogens is 380 g/mol. The number of para-hydroxylation sites is 1. The highest BCUT2D eigenvalue weighted by Gasteiger charge is 2.22. The van der Waals surface area contributed by atoms with Crippen LogP contribution >= 0.6 is 11.8 Å². The van der Waals surface area contributed by atoms with Gasteiger partial charge in [-0.2, -0.15) is 0 Å². The Kier molecular flexibility index (Phi) is 7.57. The Morgan fingerprint density at radius 3 is 2.21 bits per heavy atom. The average molecular weight is 402 g/mol. The molecule has 0 aliphatic carbocycles. The molecule has 2 aromatic carbocycles. The van der Waals surface area contributed by atoms with Crippen LogP contribution < -0.4 is 4.90 Å². The lowest BCUT2D eigenvalue weighted by atomic mass is 10.2. The van der Waals surface area contributed by atoms with Crippen molar-refractivity contribution in [3.63, 3.8) is 0 Å². The van der Waals surface area contributed by atoms with Gasteiger partial charge >= 0.3 is 5.97 Å². The highest BCUT2D eigenvalue weighted by Crippen LogP contribution is 2.26. The van der Waals surface area contributed by atoms with Gasteiger partial charge in [-0.05, 0) is 45.0 Å². The van der Waals surface area contributed by atoms with Gasteiger partial charge in [-0.15, -0.1) is 11.8 Å². The molecule has 0 radical (unpaired) electrons. The van der Waals surface area contributed by atoms with E-state index in [1.54, 1.807) is 24.0 Å². The number of hydrogen-bond donors (Lipinski definition) is 0. The monoisotopic (exact) mass is 402 g/mol. The Morgan fingerprint density at radius 1 is 1.07 bits per heavy atom. The fourth-order valence-corrected chi connectivity index (χ4v) is 3.40. The summed E-state index contributed by atoms with van der Waals surface area (Å²) < 4.78 is 5.19. The molecule has 28 heavy (non-hydrogen) atoms. The van der Waals surface area contributed by atoms with Crippen molar-refractivity contribution in [3.8, 4) is 0 Å². The average Bonchev–Trinajstić information content (AvgIpc) is 2.67. The Balaban J connectivity index is 1.92. The zero-order valence-corrected chi connectivity index (χ0v) is 16.7. The van der Waals surface area contributed by atoms with Crippen molar-refractivity contribution < 1.29 is 19.2 Å². The Hall–Kier alpha value is -2.87. The normalized spacial score (nSPS) is 11.7. The van der Waals surface area contributed by atoms with Crippen LogP contribution in [0.4, 0.5) is 11.4 Å². The maximum Gasteiger partial charge on any atom is 0.319 e. The molecule has 7 nitrogen and oxygen atoms in total. The van der Waals surface area contributed by atoms with Gasteiger partial charge in [-0.25, -0.2) is 0 Å². The summed E-state index contributed by atoms with van der Waals surface area (Å²) in [4.78, 5) is 37.3. The lowest BCUT2D eigenvalue weighted by molar-refractivity contribution is -0.384. The number of rotatable bonds is 8. The number of anilines is 1. The first kappa shape index (κ1) is 21.4. The number of nitro groups is 1. The molecular formula is C20H22N2O5S. The van der Waals surface area contributed by atoms with Gasteiger partial charge in [0.15, 0.2) is 6.61 Å². The molecule has 8 heteroatoms. The van der Waals surface area contributed by atoms with E-state index in [4.69, 9.17) is 4.74 Å². The quantitative estimate of drug-likeness (QED) is 0.286. The van der Waals surface area contributed by atoms with Crippen LogP contribution in [0.5, 0.6) is 0 Å². The number of benzene rings is 2. The summed E-state index contributed by atoms with van der Waals surface area (Å²) in [6, 6.07) is 15.0. The topological polar surface area (TPSA) is 89.8 Å². The first-order valence-corrected chi connectivity index (χ1v) is 9.62. The van der Waals surface area contributed by atoms with E-state index in [0.29, 0.717) is 4.90 Å². The number of amides is 1. The van der Waals surface area contributed by atoms with Gasteiger partial charge < -0.3 is 9.64 Å². The van der Waals surface area contributed by atoms with Crippen molar-refractivity contribution >= 4 is 35.0 Å². The predicted octanol–water partition coefficient (Wildman–Crippen LogP) is 4.06. The standard InChI is InChI=1S/C20H22N2O5S/c1-14(2)21(16-7-5-4-6-8-16)19(23)13-27-20(24)15(3)28-18-11-9-17(10-12-18)22(25)26/h4-12,14-15H,13H2,1-3H3/t15-/m0/s1. The lowest BCUT2D eigenvalue weighted by Crippen LogP contribution is -2.40. The van der Waals surface area contributed by atoms with E-state index in [1.165, 1.54) is 23.9 Å². The van der Waals surface area contributed by atoms with E-state index < -0.39 is 16.1 Å². The zero-order valence-electron chi connectivity index (χ0n) is 15.9. The number of carbonyl (C=O) groups excluding carboxylic acids is 2. The minimum absolute atomic E-state index is 0.0140. The van der Waals surface area contributed by atoms with E-state index in [2.05, 4.69) is 0 Å². The molecule has 0 fully saturated rings. The van der Waals surface area contributed by atoms with Gasteiger partial charge in [-0.1, -0.05) is 18.2 Å². The smallest absolute Gasteiger partial charge is 0.319 e. The molecule has 148 valence electrons. The van der Waals surface area contributed by atoms with Crippen LogP contribution in [0.1, 0.15) is 20.8 Å². The fraction of sp³-hybridized carbons (Fsp3) is 0.300. The largest absolute Gasteiger partial charge is 0.455 e. The number of thioether (sulfide) groups is 1. The van der Waals surface area contributed by atoms with Crippen molar-refractivity contribution in [2.24, 2.45) is 0 Å². The van der Waals surface area contributed by atoms with E-state index in [-0.39, 0.29) is 24.2 Å². The van der Waals surface area contributed by atoms with E-state index in [1.807, 2.05) is 44.2 Å². The van der Waals surface area contributed by atoms with Crippen LogP contribution in [0.25, 0.3) is 0 Å². The third-order valence-electron chi connectivity index (χ3n) is 3.85. The highest BCUT2D eigenvalue weighted by molar-refractivity contribution is 8.00. The van der Waals surface area contributed by atoms with E-state index >= 15 is 0 Å². The van der Waals surface area contributed by atoms with Crippen LogP contribution in [-0.4, -0.2) is 34.7 Å². The van der Waals surface area contributed by atoms with Gasteiger partial charge in [0, 0.05) is 28.8 Å². The molecule has 1 atom stereocenters. The second-order valence-electron chi connectivity index (χ2n) is 6.31. The van der Waals surface area contributed by atoms with Crippen molar-refractivity contribution in [1.82, 2.24) is 0 Å². The molecule has 0 bridgehead atoms. The number of nitrogens with zero attached hydrogens (tertiary/aromatic N) is 2. The third kappa shape index (κ3) is 5.82. The Bertz CT molecular complexity index is 824. The maximum absolute atomic E-state index is 12.5. The van der Waals surface area contributed by atoms with Gasteiger partial charge in [-0.3, -0.25) is 19.7 Å². The minimum atomic E-state index is -0.557. The summed E-state index contributed by atoms with van der Waals surface area (Å²) in [5, 5.41) is 10.1. The number of hydrogen-bond acceptors (Lipinski definition) is 6. The van der Waals surface area contributed by atoms with Crippen molar-refractivity contribution in [3.05, 3.63) is 64.7 Å². The first-order valence-electron chi connectivity index (χ1n) is 8.74. The molecule has 0 saturated heterocycles. The van der Waals surface area contributed by atoms with Crippen LogP contribution in [0.2, 0.25) is 0 Å². The van der Waals surface area contributed by atoms with Gasteiger partial charge in [0.05, 0.1) is 4.92 Å². The van der Waals surface area contributed by atoms with Crippen LogP contribution in [0, 0.1) is 10.1 Å². The van der Waals surface area contributed by atoms with E-state index in [0.717, 1.165) is 5.69 Å². The SMILES string of the molecule is CC(C)N(C(=O)COC(=O)[C@H](C)Sc1ccc([N+](=O)[O-])cc1)c1ccccc1. The van der Waals surface area contributed by atoms with Gasteiger partial charge in [0.2, 0.25) is 0 Å². The predicted molar refractivity (Wildman–Crippen MR) is 108 cm³/mol. The third-order valence-corrected chi connectivity index (χ3v) is 4.94. The Labute approximate surface area is 167 Å². The van der Waals surface area contributed by atoms with Gasteiger partial charge in [0.1, 0.15) is 5.25 Å². The molecule has 0 aromatic heterocycles. The summed E-state index contributed by atoms with van der Waals surface area (Å²) in [5.41, 5.74) is 0.728. The summed E-state index contributed by atoms with van der Waals surface area (Å²) in [6.45, 7) is 5.09. The molecule has 0 N–H and O–H groups in total. The van der Waals surface area contributed by atoms with E-state index in [9.17, 15) is 19.7 Å². The number of esters is 1. The summed E-state index contributed by atoms with van der Waals surface area (Å²) in [6.07, 6.45) is 0. The van der Waals surface area contributed by atoms with Crippen molar-refractivity contribution in [2.75, 3.05) is 11.5 Å². The lowest BCUT2D eigenvalue weighted by Gasteiger charge is -2.26. The van der Waals surface area contributed by atoms with Crippen LogP contribution in [0.3, 0.4) is 0 Å². The molecule has 0 aliphatic heterocycles. The second-order valence-corrected chi connectivity index (χ2v) is 7.73. The molecule has 0 aliphatic rings.